The van der Waals surface area contributed by atoms with Crippen LogP contribution in [-0.2, 0) is 9.53 Å². The number of rotatable bonds is 7. The number of urea groups is 1. The van der Waals surface area contributed by atoms with Crippen molar-refractivity contribution in [2.45, 2.75) is 31.7 Å². The average Bonchev–Trinajstić information content (AvgIpc) is 2.87. The van der Waals surface area contributed by atoms with E-state index in [0.29, 0.717) is 39.0 Å². The van der Waals surface area contributed by atoms with Crippen molar-refractivity contribution in [1.82, 2.24) is 10.2 Å². The molecule has 2 unspecified atom stereocenters. The maximum absolute atomic E-state index is 12.1. The monoisotopic (exact) mass is 283 g/mol. The van der Waals surface area contributed by atoms with Crippen molar-refractivity contribution in [2.75, 3.05) is 26.8 Å². The Labute approximate surface area is 118 Å². The van der Waals surface area contributed by atoms with Gasteiger partial charge in [-0.15, -0.1) is 0 Å². The lowest BCUT2D eigenvalue weighted by atomic mass is 10.1. The third kappa shape index (κ3) is 5.05. The van der Waals surface area contributed by atoms with Crippen molar-refractivity contribution in [1.29, 1.82) is 5.26 Å². The molecule has 0 bridgehead atoms. The molecule has 0 heterocycles. The number of ether oxygens (including phenoxy) is 1. The molecule has 0 aromatic rings. The Morgan fingerprint density at radius 2 is 2.20 bits per heavy atom. The fourth-order valence-electron chi connectivity index (χ4n) is 2.30. The zero-order valence-corrected chi connectivity index (χ0v) is 11.7. The molecule has 0 saturated heterocycles. The fourth-order valence-corrected chi connectivity index (χ4v) is 2.30. The van der Waals surface area contributed by atoms with Crippen LogP contribution in [0.25, 0.3) is 0 Å². The number of carbonyl (C=O) groups excluding carboxylic acids is 1. The van der Waals surface area contributed by atoms with E-state index in [4.69, 9.17) is 15.1 Å². The molecule has 2 atom stereocenters. The first-order chi connectivity index (χ1) is 9.58. The summed E-state index contributed by atoms with van der Waals surface area (Å²) < 4.78 is 4.94. The van der Waals surface area contributed by atoms with Crippen molar-refractivity contribution in [3.63, 3.8) is 0 Å². The van der Waals surface area contributed by atoms with E-state index in [-0.39, 0.29) is 24.4 Å². The van der Waals surface area contributed by atoms with Crippen LogP contribution in [0.15, 0.2) is 0 Å². The zero-order chi connectivity index (χ0) is 15.0. The summed E-state index contributed by atoms with van der Waals surface area (Å²) in [4.78, 5) is 24.5. The van der Waals surface area contributed by atoms with Crippen molar-refractivity contribution in [3.05, 3.63) is 0 Å². The normalized spacial score (nSPS) is 21.2. The average molecular weight is 283 g/mol. The molecule has 0 aliphatic heterocycles. The summed E-state index contributed by atoms with van der Waals surface area (Å²) in [6.07, 6.45) is 2.01. The Morgan fingerprint density at radius 3 is 2.75 bits per heavy atom. The van der Waals surface area contributed by atoms with Gasteiger partial charge in [-0.3, -0.25) is 4.79 Å². The van der Waals surface area contributed by atoms with E-state index in [0.717, 1.165) is 0 Å². The Morgan fingerprint density at radius 1 is 1.45 bits per heavy atom. The molecular formula is C13H21N3O4. The van der Waals surface area contributed by atoms with Crippen molar-refractivity contribution in [2.24, 2.45) is 5.92 Å². The first-order valence-electron chi connectivity index (χ1n) is 6.72. The van der Waals surface area contributed by atoms with Gasteiger partial charge in [-0.2, -0.15) is 5.26 Å². The lowest BCUT2D eigenvalue weighted by molar-refractivity contribution is -0.141. The molecule has 0 radical (unpaired) electrons. The predicted octanol–water partition coefficient (Wildman–Crippen LogP) is 0.811. The van der Waals surface area contributed by atoms with Gasteiger partial charge in [0.05, 0.1) is 25.0 Å². The molecule has 1 rings (SSSR count). The second-order valence-electron chi connectivity index (χ2n) is 4.88. The summed E-state index contributed by atoms with van der Waals surface area (Å²) in [5, 5.41) is 20.4. The topological polar surface area (TPSA) is 103 Å². The first-order valence-corrected chi connectivity index (χ1v) is 6.72. The minimum Gasteiger partial charge on any atom is -0.481 e. The molecule has 0 aromatic carbocycles. The third-order valence-electron chi connectivity index (χ3n) is 3.46. The van der Waals surface area contributed by atoms with Crippen LogP contribution < -0.4 is 5.32 Å². The molecule has 2 amide bonds. The van der Waals surface area contributed by atoms with Crippen molar-refractivity contribution in [3.8, 4) is 6.07 Å². The highest BCUT2D eigenvalue weighted by Gasteiger charge is 2.31. The number of carboxylic acid groups (broad SMARTS) is 1. The molecule has 1 saturated carbocycles. The molecule has 112 valence electrons. The quantitative estimate of drug-likeness (QED) is 0.719. The van der Waals surface area contributed by atoms with E-state index < -0.39 is 5.97 Å². The molecule has 0 aromatic heterocycles. The maximum Gasteiger partial charge on any atom is 0.317 e. The molecule has 2 N–H and O–H groups in total. The minimum absolute atomic E-state index is 0.101. The summed E-state index contributed by atoms with van der Waals surface area (Å²) in [6, 6.07) is 1.65. The second kappa shape index (κ2) is 8.38. The van der Waals surface area contributed by atoms with Crippen molar-refractivity contribution >= 4 is 12.0 Å². The van der Waals surface area contributed by atoms with Crippen LogP contribution in [-0.4, -0.2) is 54.9 Å². The summed E-state index contributed by atoms with van der Waals surface area (Å²) in [7, 11) is 1.55. The Bertz CT molecular complexity index is 380. The Balaban J connectivity index is 2.45. The molecule has 1 aliphatic carbocycles. The number of nitriles is 1. The van der Waals surface area contributed by atoms with E-state index in [9.17, 15) is 9.59 Å². The largest absolute Gasteiger partial charge is 0.481 e. The highest BCUT2D eigenvalue weighted by Crippen LogP contribution is 2.25. The highest BCUT2D eigenvalue weighted by molar-refractivity contribution is 5.75. The van der Waals surface area contributed by atoms with E-state index in [1.54, 1.807) is 7.11 Å². The molecule has 7 nitrogen and oxygen atoms in total. The van der Waals surface area contributed by atoms with Crippen LogP contribution >= 0.6 is 0 Å². The van der Waals surface area contributed by atoms with Crippen LogP contribution in [0, 0.1) is 17.2 Å². The van der Waals surface area contributed by atoms with Gasteiger partial charge in [0.25, 0.3) is 0 Å². The minimum atomic E-state index is -0.803. The molecule has 20 heavy (non-hydrogen) atoms. The Hall–Kier alpha value is -1.81. The molecule has 1 fully saturated rings. The third-order valence-corrected chi connectivity index (χ3v) is 3.46. The summed E-state index contributed by atoms with van der Waals surface area (Å²) >= 11 is 0. The number of carboxylic acids is 1. The van der Waals surface area contributed by atoms with Gasteiger partial charge in [0.15, 0.2) is 0 Å². The van der Waals surface area contributed by atoms with Crippen LogP contribution in [0.5, 0.6) is 0 Å². The van der Waals surface area contributed by atoms with E-state index in [2.05, 4.69) is 5.32 Å². The van der Waals surface area contributed by atoms with Gasteiger partial charge >= 0.3 is 12.0 Å². The zero-order valence-electron chi connectivity index (χ0n) is 11.7. The number of carbonyl (C=O) groups is 2. The molecular weight excluding hydrogens is 262 g/mol. The SMILES string of the molecule is COCCN(CCC#N)C(=O)NC1CCC(C(=O)O)C1. The van der Waals surface area contributed by atoms with E-state index >= 15 is 0 Å². The smallest absolute Gasteiger partial charge is 0.317 e. The van der Waals surface area contributed by atoms with E-state index in [1.807, 2.05) is 6.07 Å². The van der Waals surface area contributed by atoms with Gasteiger partial charge in [-0.1, -0.05) is 0 Å². The first kappa shape index (κ1) is 16.2. The van der Waals surface area contributed by atoms with Gasteiger partial charge in [0, 0.05) is 26.2 Å². The molecule has 1 aliphatic rings. The second-order valence-corrected chi connectivity index (χ2v) is 4.88. The number of nitrogens with one attached hydrogen (secondary N) is 1. The lowest BCUT2D eigenvalue weighted by Gasteiger charge is -2.24. The highest BCUT2D eigenvalue weighted by atomic mass is 16.5. The van der Waals surface area contributed by atoms with Gasteiger partial charge < -0.3 is 20.1 Å². The van der Waals surface area contributed by atoms with Gasteiger partial charge in [-0.25, -0.2) is 4.79 Å². The number of nitrogens with zero attached hydrogens (tertiary/aromatic N) is 2. The number of aliphatic carboxylic acids is 1. The molecule has 7 heteroatoms. The van der Waals surface area contributed by atoms with Crippen LogP contribution in [0.4, 0.5) is 4.79 Å². The van der Waals surface area contributed by atoms with Gasteiger partial charge in [0.1, 0.15) is 0 Å². The fraction of sp³-hybridized carbons (Fsp3) is 0.769. The van der Waals surface area contributed by atoms with Gasteiger partial charge in [0.2, 0.25) is 0 Å². The standard InChI is InChI=1S/C13H21N3O4/c1-20-8-7-16(6-2-5-14)13(19)15-11-4-3-10(9-11)12(17)18/h10-11H,2-4,6-9H2,1H3,(H,15,19)(H,17,18). The van der Waals surface area contributed by atoms with E-state index in [1.165, 1.54) is 4.90 Å². The lowest BCUT2D eigenvalue weighted by Crippen LogP contribution is -2.45. The molecule has 0 spiro atoms. The number of methoxy groups -OCH3 is 1. The van der Waals surface area contributed by atoms with Crippen LogP contribution in [0.2, 0.25) is 0 Å². The summed E-state index contributed by atoms with van der Waals surface area (Å²) in [5.74, 6) is -1.17. The van der Waals surface area contributed by atoms with Crippen LogP contribution in [0.1, 0.15) is 25.7 Å². The number of amides is 2. The maximum atomic E-state index is 12.1. The summed E-state index contributed by atoms with van der Waals surface area (Å²) in [6.45, 7) is 1.17. The van der Waals surface area contributed by atoms with Crippen molar-refractivity contribution < 1.29 is 19.4 Å². The summed E-state index contributed by atoms with van der Waals surface area (Å²) in [5.41, 5.74) is 0. The number of hydrogen-bond acceptors (Lipinski definition) is 4. The van der Waals surface area contributed by atoms with Gasteiger partial charge in [-0.05, 0) is 19.3 Å². The Kier molecular flexibility index (Phi) is 6.81. The van der Waals surface area contributed by atoms with Crippen LogP contribution in [0.3, 0.4) is 0 Å². The number of hydrogen-bond donors (Lipinski definition) is 2. The predicted molar refractivity (Wildman–Crippen MR) is 71.0 cm³/mol.